The number of carbonyl (C=O) groups excluding carboxylic acids is 1. The van der Waals surface area contributed by atoms with Crippen LogP contribution in [-0.4, -0.2) is 71.5 Å². The molecule has 1 N–H and O–H groups in total. The van der Waals surface area contributed by atoms with Crippen LogP contribution in [-0.2, 0) is 4.74 Å². The minimum absolute atomic E-state index is 0.102. The first-order valence-corrected chi connectivity index (χ1v) is 14.0. The maximum atomic E-state index is 12.8. The molecule has 212 valence electrons. The number of rotatable bonds is 5. The average Bonchev–Trinajstić information content (AvgIpc) is 3.71. The van der Waals surface area contributed by atoms with Gasteiger partial charge in [0.2, 0.25) is 0 Å². The molecular formula is C31H31N9O2. The summed E-state index contributed by atoms with van der Waals surface area (Å²) < 4.78 is 7.57. The lowest BCUT2D eigenvalue weighted by atomic mass is 10.1. The van der Waals surface area contributed by atoms with Gasteiger partial charge >= 0.3 is 6.09 Å². The predicted octanol–water partition coefficient (Wildman–Crippen LogP) is 5.21. The van der Waals surface area contributed by atoms with Crippen LogP contribution in [0.15, 0.2) is 79.6 Å². The zero-order chi connectivity index (χ0) is 28.8. The number of fused-ring (bicyclic) bond motifs is 3. The van der Waals surface area contributed by atoms with Crippen molar-refractivity contribution in [2.24, 2.45) is 0 Å². The number of carbonyl (C=O) groups is 1. The van der Waals surface area contributed by atoms with Gasteiger partial charge in [-0.05, 0) is 57.0 Å². The molecule has 0 aliphatic carbocycles. The maximum Gasteiger partial charge on any atom is 0.410 e. The van der Waals surface area contributed by atoms with Gasteiger partial charge in [-0.2, -0.15) is 0 Å². The summed E-state index contributed by atoms with van der Waals surface area (Å²) in [6.45, 7) is 7.02. The number of anilines is 3. The lowest BCUT2D eigenvalue weighted by Crippen LogP contribution is -2.50. The molecule has 11 heteroatoms. The number of piperazine rings is 1. The second-order valence-electron chi connectivity index (χ2n) is 11.7. The van der Waals surface area contributed by atoms with Crippen LogP contribution in [0.2, 0.25) is 0 Å². The number of hydrogen-bond donors (Lipinski definition) is 1. The minimum atomic E-state index is -0.515. The van der Waals surface area contributed by atoms with Crippen molar-refractivity contribution >= 4 is 34.4 Å². The first-order valence-electron chi connectivity index (χ1n) is 14.0. The van der Waals surface area contributed by atoms with E-state index in [2.05, 4.69) is 49.4 Å². The number of benzene rings is 1. The van der Waals surface area contributed by atoms with E-state index < -0.39 is 5.60 Å². The van der Waals surface area contributed by atoms with Crippen molar-refractivity contribution in [3.63, 3.8) is 0 Å². The first kappa shape index (κ1) is 25.9. The van der Waals surface area contributed by atoms with E-state index in [4.69, 9.17) is 14.8 Å². The molecule has 2 bridgehead atoms. The molecule has 2 saturated heterocycles. The van der Waals surface area contributed by atoms with Crippen LogP contribution in [0.5, 0.6) is 0 Å². The van der Waals surface area contributed by atoms with E-state index in [1.54, 1.807) is 24.8 Å². The fraction of sp³-hybridized carbons (Fsp3) is 0.290. The third kappa shape index (κ3) is 4.87. The van der Waals surface area contributed by atoms with Crippen molar-refractivity contribution < 1.29 is 9.53 Å². The Balaban J connectivity index is 1.23. The number of amides is 1. The Morgan fingerprint density at radius 1 is 0.929 bits per heavy atom. The monoisotopic (exact) mass is 561 g/mol. The summed E-state index contributed by atoms with van der Waals surface area (Å²) in [5.74, 6) is 2.15. The molecule has 7 rings (SSSR count). The van der Waals surface area contributed by atoms with Gasteiger partial charge in [-0.15, -0.1) is 5.10 Å². The van der Waals surface area contributed by atoms with Gasteiger partial charge in [0.1, 0.15) is 17.2 Å². The zero-order valence-electron chi connectivity index (χ0n) is 23.7. The minimum Gasteiger partial charge on any atom is -0.444 e. The average molecular weight is 562 g/mol. The fourth-order valence-corrected chi connectivity index (χ4v) is 5.79. The van der Waals surface area contributed by atoms with E-state index in [9.17, 15) is 4.79 Å². The number of ether oxygens (including phenoxy) is 1. The van der Waals surface area contributed by atoms with Gasteiger partial charge in [-0.1, -0.05) is 12.1 Å². The first-order chi connectivity index (χ1) is 20.3. The molecule has 42 heavy (non-hydrogen) atoms. The lowest BCUT2D eigenvalue weighted by molar-refractivity contribution is 0.0214. The van der Waals surface area contributed by atoms with Crippen LogP contribution in [0.4, 0.5) is 22.2 Å². The molecule has 5 aromatic rings. The molecule has 0 unspecified atom stereocenters. The molecule has 2 aliphatic heterocycles. The molecule has 2 aliphatic rings. The molecule has 2 fully saturated rings. The highest BCUT2D eigenvalue weighted by Crippen LogP contribution is 2.36. The van der Waals surface area contributed by atoms with E-state index in [0.717, 1.165) is 40.0 Å². The standard InChI is InChI=1S/C31H31N9O2/c1-31(2,3)42-30(41)39-19-23-14-24(39)18-38(23)28-15-22(8-10-35-28)40-26-13-20(21-5-4-9-32-16-21)6-7-25(26)29(37-40)36-27-17-33-11-12-34-27/h4-13,15-17,23-24H,14,18-19H2,1-3H3,(H,34,36,37)/t23-,24-/m0/s1. The van der Waals surface area contributed by atoms with Gasteiger partial charge in [0.15, 0.2) is 5.82 Å². The van der Waals surface area contributed by atoms with Gasteiger partial charge < -0.3 is 19.9 Å². The highest BCUT2D eigenvalue weighted by molar-refractivity contribution is 5.95. The molecule has 6 heterocycles. The highest BCUT2D eigenvalue weighted by atomic mass is 16.6. The van der Waals surface area contributed by atoms with Crippen molar-refractivity contribution in [2.45, 2.75) is 44.9 Å². The fourth-order valence-electron chi connectivity index (χ4n) is 5.79. The van der Waals surface area contributed by atoms with Gasteiger partial charge in [0.25, 0.3) is 0 Å². The smallest absolute Gasteiger partial charge is 0.410 e. The number of nitrogens with zero attached hydrogens (tertiary/aromatic N) is 8. The SMILES string of the molecule is CC(C)(C)OC(=O)N1C[C@@H]2C[C@H]1CN2c1cc(-n2nc(Nc3cnccn3)c3ccc(-c4cccnc4)cc32)ccn1. The summed E-state index contributed by atoms with van der Waals surface area (Å²) in [4.78, 5) is 34.5. The van der Waals surface area contributed by atoms with Crippen molar-refractivity contribution in [1.29, 1.82) is 0 Å². The Morgan fingerprint density at radius 3 is 2.55 bits per heavy atom. The molecule has 0 radical (unpaired) electrons. The molecule has 0 saturated carbocycles. The summed E-state index contributed by atoms with van der Waals surface area (Å²) in [6.07, 6.45) is 11.0. The second-order valence-corrected chi connectivity index (χ2v) is 11.7. The van der Waals surface area contributed by atoms with E-state index in [-0.39, 0.29) is 18.2 Å². The van der Waals surface area contributed by atoms with E-state index in [0.29, 0.717) is 24.7 Å². The molecule has 11 nitrogen and oxygen atoms in total. The van der Waals surface area contributed by atoms with Crippen LogP contribution in [0.25, 0.3) is 27.7 Å². The molecule has 0 spiro atoms. The van der Waals surface area contributed by atoms with Crippen molar-refractivity contribution in [1.82, 2.24) is 34.6 Å². The molecular weight excluding hydrogens is 530 g/mol. The quantitative estimate of drug-likeness (QED) is 0.309. The Morgan fingerprint density at radius 2 is 1.81 bits per heavy atom. The van der Waals surface area contributed by atoms with E-state index in [1.165, 1.54) is 0 Å². The van der Waals surface area contributed by atoms with Gasteiger partial charge in [-0.3, -0.25) is 9.97 Å². The highest BCUT2D eigenvalue weighted by Gasteiger charge is 2.47. The summed E-state index contributed by atoms with van der Waals surface area (Å²) in [7, 11) is 0. The summed E-state index contributed by atoms with van der Waals surface area (Å²) in [5, 5.41) is 9.25. The molecule has 1 aromatic carbocycles. The van der Waals surface area contributed by atoms with Crippen LogP contribution in [0, 0.1) is 0 Å². The lowest BCUT2D eigenvalue weighted by Gasteiger charge is -2.35. The van der Waals surface area contributed by atoms with Crippen molar-refractivity contribution in [3.05, 3.63) is 79.6 Å². The number of nitrogens with one attached hydrogen (secondary N) is 1. The number of pyridine rings is 2. The Bertz CT molecular complexity index is 1750. The van der Waals surface area contributed by atoms with Crippen LogP contribution in [0.3, 0.4) is 0 Å². The summed E-state index contributed by atoms with van der Waals surface area (Å²) in [6, 6.07) is 14.5. The van der Waals surface area contributed by atoms with Crippen molar-refractivity contribution in [3.8, 4) is 16.8 Å². The maximum absolute atomic E-state index is 12.8. The van der Waals surface area contributed by atoms with E-state index >= 15 is 0 Å². The topological polar surface area (TPSA) is 114 Å². The summed E-state index contributed by atoms with van der Waals surface area (Å²) >= 11 is 0. The Kier molecular flexibility index (Phi) is 6.22. The number of likely N-dealkylation sites (tertiary alicyclic amines) is 1. The van der Waals surface area contributed by atoms with Gasteiger partial charge in [0.05, 0.1) is 29.5 Å². The van der Waals surface area contributed by atoms with Gasteiger partial charge in [-0.25, -0.2) is 19.4 Å². The molecule has 2 atom stereocenters. The Hall–Kier alpha value is -5.06. The van der Waals surface area contributed by atoms with Crippen LogP contribution < -0.4 is 10.2 Å². The van der Waals surface area contributed by atoms with Crippen LogP contribution >= 0.6 is 0 Å². The van der Waals surface area contributed by atoms with E-state index in [1.807, 2.05) is 60.9 Å². The molecule has 1 amide bonds. The van der Waals surface area contributed by atoms with Crippen molar-refractivity contribution in [2.75, 3.05) is 23.3 Å². The third-order valence-corrected chi connectivity index (χ3v) is 7.62. The molecule has 4 aromatic heterocycles. The normalized spacial score (nSPS) is 18.1. The third-order valence-electron chi connectivity index (χ3n) is 7.62. The predicted molar refractivity (Wildman–Crippen MR) is 160 cm³/mol. The van der Waals surface area contributed by atoms with Gasteiger partial charge in [0, 0.05) is 61.1 Å². The second kappa shape index (κ2) is 10.1. The number of hydrogen-bond acceptors (Lipinski definition) is 9. The Labute approximate surface area is 243 Å². The zero-order valence-corrected chi connectivity index (χ0v) is 23.7. The largest absolute Gasteiger partial charge is 0.444 e. The van der Waals surface area contributed by atoms with Crippen LogP contribution in [0.1, 0.15) is 27.2 Å². The number of aromatic nitrogens is 6. The summed E-state index contributed by atoms with van der Waals surface area (Å²) in [5.41, 5.74) is 3.36.